The van der Waals surface area contributed by atoms with Crippen molar-refractivity contribution in [1.82, 2.24) is 15.1 Å². The number of carbonyl (C=O) groups is 2. The lowest BCUT2D eigenvalue weighted by molar-refractivity contribution is -0.136. The van der Waals surface area contributed by atoms with E-state index >= 15 is 0 Å². The van der Waals surface area contributed by atoms with Crippen molar-refractivity contribution in [2.45, 2.75) is 18.9 Å². The Hall–Kier alpha value is -3.30. The molecule has 2 N–H and O–H groups in total. The lowest BCUT2D eigenvalue weighted by Gasteiger charge is -2.39. The lowest BCUT2D eigenvalue weighted by atomic mass is 9.95. The molecule has 3 heterocycles. The van der Waals surface area contributed by atoms with E-state index in [0.29, 0.717) is 23.7 Å². The van der Waals surface area contributed by atoms with Crippen molar-refractivity contribution < 1.29 is 19.1 Å². The van der Waals surface area contributed by atoms with Crippen LogP contribution in [0.4, 0.5) is 11.4 Å². The Balaban J connectivity index is 1.27. The maximum absolute atomic E-state index is 12.7. The number of carbonyl (C=O) groups excluding carboxylic acids is 2. The Bertz CT molecular complexity index is 1100. The van der Waals surface area contributed by atoms with Gasteiger partial charge in [0.1, 0.15) is 0 Å². The molecule has 1 saturated heterocycles. The largest absolute Gasteiger partial charge is 0.454 e. The van der Waals surface area contributed by atoms with Crippen LogP contribution in [0, 0.1) is 0 Å². The molecule has 0 aromatic heterocycles. The van der Waals surface area contributed by atoms with E-state index in [2.05, 4.69) is 57.6 Å². The topological polar surface area (TPSA) is 86.4 Å². The smallest absolute Gasteiger partial charge is 0.313 e. The van der Waals surface area contributed by atoms with Gasteiger partial charge >= 0.3 is 11.8 Å². The number of hydrogen-bond acceptors (Lipinski definition) is 7. The van der Waals surface area contributed by atoms with Crippen molar-refractivity contribution in [2.75, 3.05) is 70.4 Å². The average Bonchev–Trinajstić information content (AvgIpc) is 3.33. The summed E-state index contributed by atoms with van der Waals surface area (Å²) in [6, 6.07) is 11.7. The highest BCUT2D eigenvalue weighted by Crippen LogP contribution is 2.34. The van der Waals surface area contributed by atoms with Crippen molar-refractivity contribution in [3.05, 3.63) is 47.5 Å². The Morgan fingerprint density at radius 2 is 1.74 bits per heavy atom. The van der Waals surface area contributed by atoms with E-state index in [0.717, 1.165) is 45.6 Å². The van der Waals surface area contributed by atoms with Crippen LogP contribution in [0.15, 0.2) is 36.4 Å². The molecule has 0 unspecified atom stereocenters. The molecular formula is C26H33N5O4. The van der Waals surface area contributed by atoms with E-state index in [1.807, 2.05) is 0 Å². The SMILES string of the molecule is CN1CCN([C@H](CNC(=O)C(=O)Nc2ccc3c(c2)OCO3)c2ccc3c(c2)CCCN3C)CC1. The number of benzene rings is 2. The Morgan fingerprint density at radius 3 is 2.57 bits per heavy atom. The number of nitrogens with zero attached hydrogens (tertiary/aromatic N) is 3. The van der Waals surface area contributed by atoms with Gasteiger partial charge in [-0.15, -0.1) is 0 Å². The first-order chi connectivity index (χ1) is 17.0. The number of ether oxygens (including phenoxy) is 2. The van der Waals surface area contributed by atoms with Gasteiger partial charge in [-0.05, 0) is 49.2 Å². The quantitative estimate of drug-likeness (QED) is 0.633. The van der Waals surface area contributed by atoms with Gasteiger partial charge in [-0.1, -0.05) is 12.1 Å². The minimum atomic E-state index is -0.701. The summed E-state index contributed by atoms with van der Waals surface area (Å²) in [5.74, 6) is -0.178. The number of fused-ring (bicyclic) bond motifs is 2. The van der Waals surface area contributed by atoms with Crippen LogP contribution in [0.25, 0.3) is 0 Å². The number of amides is 2. The van der Waals surface area contributed by atoms with Gasteiger partial charge < -0.3 is 29.9 Å². The Labute approximate surface area is 206 Å². The van der Waals surface area contributed by atoms with Crippen LogP contribution in [0.3, 0.4) is 0 Å². The van der Waals surface area contributed by atoms with Crippen LogP contribution >= 0.6 is 0 Å². The van der Waals surface area contributed by atoms with Gasteiger partial charge in [0.25, 0.3) is 0 Å². The predicted octanol–water partition coefficient (Wildman–Crippen LogP) is 1.84. The summed E-state index contributed by atoms with van der Waals surface area (Å²) in [5, 5.41) is 5.53. The summed E-state index contributed by atoms with van der Waals surface area (Å²) >= 11 is 0. The highest BCUT2D eigenvalue weighted by Gasteiger charge is 2.27. The van der Waals surface area contributed by atoms with Crippen LogP contribution in [-0.2, 0) is 16.0 Å². The number of aryl methyl sites for hydroxylation is 1. The summed E-state index contributed by atoms with van der Waals surface area (Å²) < 4.78 is 10.6. The van der Waals surface area contributed by atoms with Gasteiger partial charge in [0, 0.05) is 63.8 Å². The molecule has 9 heteroatoms. The molecule has 0 aliphatic carbocycles. The molecule has 2 aromatic rings. The molecule has 1 fully saturated rings. The third-order valence-corrected chi connectivity index (χ3v) is 7.11. The zero-order valence-corrected chi connectivity index (χ0v) is 20.4. The number of anilines is 2. The number of piperazine rings is 1. The van der Waals surface area contributed by atoms with Gasteiger partial charge in [-0.3, -0.25) is 14.5 Å². The van der Waals surface area contributed by atoms with E-state index in [1.165, 1.54) is 16.8 Å². The molecule has 0 spiro atoms. The van der Waals surface area contributed by atoms with Crippen molar-refractivity contribution in [1.29, 1.82) is 0 Å². The van der Waals surface area contributed by atoms with Gasteiger partial charge in [0.05, 0.1) is 6.04 Å². The van der Waals surface area contributed by atoms with Gasteiger partial charge in [-0.25, -0.2) is 0 Å². The number of rotatable bonds is 5. The van der Waals surface area contributed by atoms with Gasteiger partial charge in [0.2, 0.25) is 6.79 Å². The minimum absolute atomic E-state index is 0.00326. The molecule has 3 aliphatic rings. The molecule has 1 atom stereocenters. The number of hydrogen-bond donors (Lipinski definition) is 2. The van der Waals surface area contributed by atoms with Gasteiger partial charge in [-0.2, -0.15) is 0 Å². The maximum Gasteiger partial charge on any atom is 0.313 e. The zero-order valence-electron chi connectivity index (χ0n) is 20.4. The lowest BCUT2D eigenvalue weighted by Crippen LogP contribution is -2.49. The van der Waals surface area contributed by atoms with Crippen molar-refractivity contribution >= 4 is 23.2 Å². The third kappa shape index (κ3) is 5.21. The highest BCUT2D eigenvalue weighted by molar-refractivity contribution is 6.39. The summed E-state index contributed by atoms with van der Waals surface area (Å²) in [4.78, 5) is 32.3. The predicted molar refractivity (Wildman–Crippen MR) is 134 cm³/mol. The molecule has 0 saturated carbocycles. The molecule has 5 rings (SSSR count). The van der Waals surface area contributed by atoms with Crippen LogP contribution in [0.5, 0.6) is 11.5 Å². The first-order valence-electron chi connectivity index (χ1n) is 12.2. The third-order valence-electron chi connectivity index (χ3n) is 7.11. The molecule has 2 amide bonds. The zero-order chi connectivity index (χ0) is 24.4. The monoisotopic (exact) mass is 479 g/mol. The molecule has 9 nitrogen and oxygen atoms in total. The van der Waals surface area contributed by atoms with E-state index in [-0.39, 0.29) is 12.8 Å². The molecule has 2 aromatic carbocycles. The molecule has 3 aliphatic heterocycles. The first kappa shape index (κ1) is 23.4. The normalized spacial score (nSPS) is 18.6. The van der Waals surface area contributed by atoms with E-state index in [9.17, 15) is 9.59 Å². The fraction of sp³-hybridized carbons (Fsp3) is 0.462. The molecule has 186 valence electrons. The summed E-state index contributed by atoms with van der Waals surface area (Å²) in [6.45, 7) is 5.37. The van der Waals surface area contributed by atoms with E-state index < -0.39 is 11.8 Å². The molecule has 35 heavy (non-hydrogen) atoms. The number of nitrogens with one attached hydrogen (secondary N) is 2. The highest BCUT2D eigenvalue weighted by atomic mass is 16.7. The minimum Gasteiger partial charge on any atom is -0.454 e. The van der Waals surface area contributed by atoms with Crippen LogP contribution < -0.4 is 25.0 Å². The van der Waals surface area contributed by atoms with Crippen molar-refractivity contribution in [2.24, 2.45) is 0 Å². The summed E-state index contributed by atoms with van der Waals surface area (Å²) in [6.07, 6.45) is 2.20. The second-order valence-electron chi connectivity index (χ2n) is 9.50. The first-order valence-corrected chi connectivity index (χ1v) is 12.2. The van der Waals surface area contributed by atoms with Crippen molar-refractivity contribution in [3.63, 3.8) is 0 Å². The standard InChI is InChI=1S/C26H33N5O4/c1-29-10-12-31(13-11-29)22(19-5-7-21-18(14-19)4-3-9-30(21)2)16-27-25(32)26(33)28-20-6-8-23-24(15-20)35-17-34-23/h5-8,14-15,22H,3-4,9-13,16-17H2,1-2H3,(H,27,32)(H,28,33)/t22-/m1/s1. The fourth-order valence-electron chi connectivity index (χ4n) is 5.04. The van der Waals surface area contributed by atoms with Crippen molar-refractivity contribution in [3.8, 4) is 11.5 Å². The fourth-order valence-corrected chi connectivity index (χ4v) is 5.04. The van der Waals surface area contributed by atoms with Crippen LogP contribution in [0.1, 0.15) is 23.6 Å². The van der Waals surface area contributed by atoms with Gasteiger partial charge in [0.15, 0.2) is 11.5 Å². The molecule has 0 bridgehead atoms. The second kappa shape index (κ2) is 10.1. The molecular weight excluding hydrogens is 446 g/mol. The Morgan fingerprint density at radius 1 is 0.943 bits per heavy atom. The van der Waals surface area contributed by atoms with Crippen LogP contribution in [0.2, 0.25) is 0 Å². The van der Waals surface area contributed by atoms with E-state index in [1.54, 1.807) is 18.2 Å². The second-order valence-corrected chi connectivity index (χ2v) is 9.50. The van der Waals surface area contributed by atoms with E-state index in [4.69, 9.17) is 9.47 Å². The maximum atomic E-state index is 12.7. The van der Waals surface area contributed by atoms with Crippen LogP contribution in [-0.4, -0.2) is 81.8 Å². The number of likely N-dealkylation sites (N-methyl/N-ethyl adjacent to an activating group) is 1. The summed E-state index contributed by atoms with van der Waals surface area (Å²) in [7, 11) is 4.26. The summed E-state index contributed by atoms with van der Waals surface area (Å²) in [5.41, 5.74) is 4.30. The average molecular weight is 480 g/mol. The molecule has 0 radical (unpaired) electrons. The Kier molecular flexibility index (Phi) is 6.79.